The van der Waals surface area contributed by atoms with E-state index in [1.54, 1.807) is 6.07 Å². The fourth-order valence-electron chi connectivity index (χ4n) is 3.54. The summed E-state index contributed by atoms with van der Waals surface area (Å²) in [5.74, 6) is -0.536. The molecule has 0 radical (unpaired) electrons. The minimum absolute atomic E-state index is 0. The lowest BCUT2D eigenvalue weighted by Gasteiger charge is -2.19. The van der Waals surface area contributed by atoms with E-state index < -0.39 is 0 Å². The average Bonchev–Trinajstić information content (AvgIpc) is 3.05. The summed E-state index contributed by atoms with van der Waals surface area (Å²) in [5, 5.41) is 5.96. The van der Waals surface area contributed by atoms with Crippen LogP contribution in [0.3, 0.4) is 0 Å². The molecule has 3 nitrogen and oxygen atoms in total. The van der Waals surface area contributed by atoms with Crippen LogP contribution in [0.4, 0.5) is 10.1 Å². The molecule has 0 atom stereocenters. The van der Waals surface area contributed by atoms with Gasteiger partial charge < -0.3 is 10.6 Å². The van der Waals surface area contributed by atoms with Crippen molar-refractivity contribution >= 4 is 24.0 Å². The number of hydrogen-bond donors (Lipinski definition) is 2. The highest BCUT2D eigenvalue weighted by Crippen LogP contribution is 2.26. The van der Waals surface area contributed by atoms with E-state index in [4.69, 9.17) is 0 Å². The molecule has 1 heterocycles. The van der Waals surface area contributed by atoms with Crippen molar-refractivity contribution in [3.63, 3.8) is 0 Å². The Morgan fingerprint density at radius 3 is 2.71 bits per heavy atom. The number of anilines is 1. The van der Waals surface area contributed by atoms with Gasteiger partial charge in [0.25, 0.3) is 5.91 Å². The standard InChI is InChI=1S/C19H19FN2O.ClH/c20-18-16-8-9-21-11-15(16)6-7-17(18)22-19(23)14-5-4-12-2-1-3-13(12)10-14;/h4-7,10,21H,1-3,8-9,11H2,(H,22,23);1H. The highest BCUT2D eigenvalue weighted by atomic mass is 35.5. The Morgan fingerprint density at radius 2 is 1.83 bits per heavy atom. The zero-order valence-corrected chi connectivity index (χ0v) is 14.1. The van der Waals surface area contributed by atoms with Crippen LogP contribution in [0, 0.1) is 5.82 Å². The Bertz CT molecular complexity index is 791. The van der Waals surface area contributed by atoms with E-state index in [2.05, 4.69) is 10.6 Å². The number of rotatable bonds is 2. The zero-order chi connectivity index (χ0) is 15.8. The molecule has 2 N–H and O–H groups in total. The summed E-state index contributed by atoms with van der Waals surface area (Å²) < 4.78 is 14.6. The molecule has 0 fully saturated rings. The molecule has 0 bridgehead atoms. The maximum Gasteiger partial charge on any atom is 0.255 e. The summed E-state index contributed by atoms with van der Waals surface area (Å²) in [5.41, 5.74) is 5.14. The molecule has 2 aromatic carbocycles. The molecule has 1 amide bonds. The number of aryl methyl sites for hydroxylation is 2. The minimum atomic E-state index is -0.293. The van der Waals surface area contributed by atoms with Crippen molar-refractivity contribution in [3.05, 3.63) is 64.0 Å². The van der Waals surface area contributed by atoms with Crippen molar-refractivity contribution in [3.8, 4) is 0 Å². The number of fused-ring (bicyclic) bond motifs is 2. The second kappa shape index (κ2) is 6.91. The predicted molar refractivity (Wildman–Crippen MR) is 95.5 cm³/mol. The third-order valence-electron chi connectivity index (χ3n) is 4.82. The summed E-state index contributed by atoms with van der Waals surface area (Å²) in [6.45, 7) is 1.46. The molecule has 1 aliphatic heterocycles. The lowest BCUT2D eigenvalue weighted by atomic mass is 9.99. The molecule has 0 spiro atoms. The van der Waals surface area contributed by atoms with Crippen molar-refractivity contribution in [2.24, 2.45) is 0 Å². The van der Waals surface area contributed by atoms with Crippen LogP contribution in [0.5, 0.6) is 0 Å². The van der Waals surface area contributed by atoms with Gasteiger partial charge in [0.15, 0.2) is 0 Å². The third kappa shape index (κ3) is 3.04. The fraction of sp³-hybridized carbons (Fsp3) is 0.316. The summed E-state index contributed by atoms with van der Waals surface area (Å²) >= 11 is 0. The number of carbonyl (C=O) groups is 1. The Hall–Kier alpha value is -1.91. The summed E-state index contributed by atoms with van der Waals surface area (Å²) in [6.07, 6.45) is 3.92. The van der Waals surface area contributed by atoms with Crippen molar-refractivity contribution in [2.75, 3.05) is 11.9 Å². The van der Waals surface area contributed by atoms with E-state index >= 15 is 0 Å². The van der Waals surface area contributed by atoms with E-state index in [-0.39, 0.29) is 29.8 Å². The van der Waals surface area contributed by atoms with E-state index in [1.165, 1.54) is 11.1 Å². The van der Waals surface area contributed by atoms with Gasteiger partial charge in [-0.1, -0.05) is 12.1 Å². The average molecular weight is 347 g/mol. The van der Waals surface area contributed by atoms with E-state index in [0.29, 0.717) is 18.5 Å². The number of carbonyl (C=O) groups excluding carboxylic acids is 1. The van der Waals surface area contributed by atoms with Gasteiger partial charge in [0.05, 0.1) is 5.69 Å². The van der Waals surface area contributed by atoms with Crippen LogP contribution < -0.4 is 10.6 Å². The van der Waals surface area contributed by atoms with Crippen molar-refractivity contribution < 1.29 is 9.18 Å². The SMILES string of the molecule is Cl.O=C(Nc1ccc2c(c1F)CCNC2)c1ccc2c(c1)CCC2. The molecular weight excluding hydrogens is 327 g/mol. The fourth-order valence-corrected chi connectivity index (χ4v) is 3.54. The van der Waals surface area contributed by atoms with Crippen molar-refractivity contribution in [2.45, 2.75) is 32.2 Å². The number of amides is 1. The first-order valence-corrected chi connectivity index (χ1v) is 8.16. The summed E-state index contributed by atoms with van der Waals surface area (Å²) in [7, 11) is 0. The van der Waals surface area contributed by atoms with Gasteiger partial charge in [-0.25, -0.2) is 4.39 Å². The normalized spacial score (nSPS) is 15.2. The summed E-state index contributed by atoms with van der Waals surface area (Å²) in [4.78, 5) is 12.4. The molecule has 2 aromatic rings. The van der Waals surface area contributed by atoms with Gasteiger partial charge in [0, 0.05) is 12.1 Å². The second-order valence-corrected chi connectivity index (χ2v) is 6.28. The molecular formula is C19H20ClFN2O. The van der Waals surface area contributed by atoms with Gasteiger partial charge in [0.1, 0.15) is 5.82 Å². The van der Waals surface area contributed by atoms with Gasteiger partial charge >= 0.3 is 0 Å². The van der Waals surface area contributed by atoms with Crippen LogP contribution in [-0.2, 0) is 25.8 Å². The second-order valence-electron chi connectivity index (χ2n) is 6.28. The van der Waals surface area contributed by atoms with E-state index in [1.807, 2.05) is 24.3 Å². The Kier molecular flexibility index (Phi) is 4.88. The van der Waals surface area contributed by atoms with Gasteiger partial charge in [-0.05, 0) is 72.7 Å². The highest BCUT2D eigenvalue weighted by Gasteiger charge is 2.19. The number of nitrogens with one attached hydrogen (secondary N) is 2. The maximum absolute atomic E-state index is 14.6. The number of benzene rings is 2. The zero-order valence-electron chi connectivity index (χ0n) is 13.3. The van der Waals surface area contributed by atoms with Crippen LogP contribution in [0.25, 0.3) is 0 Å². The number of halogens is 2. The highest BCUT2D eigenvalue weighted by molar-refractivity contribution is 6.04. The smallest absolute Gasteiger partial charge is 0.255 e. The molecule has 2 aliphatic rings. The first-order valence-electron chi connectivity index (χ1n) is 8.16. The molecule has 126 valence electrons. The Morgan fingerprint density at radius 1 is 1.04 bits per heavy atom. The van der Waals surface area contributed by atoms with Crippen LogP contribution in [0.2, 0.25) is 0 Å². The predicted octanol–water partition coefficient (Wildman–Crippen LogP) is 3.63. The largest absolute Gasteiger partial charge is 0.319 e. The first kappa shape index (κ1) is 16.9. The molecule has 4 rings (SSSR count). The molecule has 24 heavy (non-hydrogen) atoms. The van der Waals surface area contributed by atoms with E-state index in [0.717, 1.165) is 36.9 Å². The molecule has 0 unspecified atom stereocenters. The number of hydrogen-bond acceptors (Lipinski definition) is 2. The van der Waals surface area contributed by atoms with Crippen LogP contribution >= 0.6 is 12.4 Å². The monoisotopic (exact) mass is 346 g/mol. The summed E-state index contributed by atoms with van der Waals surface area (Å²) in [6, 6.07) is 9.35. The molecule has 1 aliphatic carbocycles. The maximum atomic E-state index is 14.6. The van der Waals surface area contributed by atoms with Crippen LogP contribution in [0.1, 0.15) is 39.0 Å². The van der Waals surface area contributed by atoms with Crippen molar-refractivity contribution in [1.29, 1.82) is 0 Å². The lowest BCUT2D eigenvalue weighted by Crippen LogP contribution is -2.25. The van der Waals surface area contributed by atoms with Gasteiger partial charge in [-0.15, -0.1) is 12.4 Å². The molecule has 5 heteroatoms. The topological polar surface area (TPSA) is 41.1 Å². The molecule has 0 saturated carbocycles. The molecule has 0 saturated heterocycles. The Balaban J connectivity index is 0.00000169. The van der Waals surface area contributed by atoms with Gasteiger partial charge in [0.2, 0.25) is 0 Å². The Labute approximate surface area is 147 Å². The third-order valence-corrected chi connectivity index (χ3v) is 4.82. The quantitative estimate of drug-likeness (QED) is 0.871. The van der Waals surface area contributed by atoms with Crippen LogP contribution in [-0.4, -0.2) is 12.5 Å². The van der Waals surface area contributed by atoms with Gasteiger partial charge in [-0.2, -0.15) is 0 Å². The molecule has 0 aromatic heterocycles. The first-order chi connectivity index (χ1) is 11.2. The van der Waals surface area contributed by atoms with E-state index in [9.17, 15) is 9.18 Å². The van der Waals surface area contributed by atoms with Crippen molar-refractivity contribution in [1.82, 2.24) is 5.32 Å². The van der Waals surface area contributed by atoms with Gasteiger partial charge in [-0.3, -0.25) is 4.79 Å². The van der Waals surface area contributed by atoms with Crippen LogP contribution in [0.15, 0.2) is 30.3 Å². The lowest BCUT2D eigenvalue weighted by molar-refractivity contribution is 0.102. The minimum Gasteiger partial charge on any atom is -0.319 e.